The quantitative estimate of drug-likeness (QED) is 0.266. The van der Waals surface area contributed by atoms with E-state index >= 15 is 0 Å². The van der Waals surface area contributed by atoms with Crippen molar-refractivity contribution in [2.45, 2.75) is 59.9 Å². The van der Waals surface area contributed by atoms with Crippen molar-refractivity contribution >= 4 is 6.41 Å². The lowest BCUT2D eigenvalue weighted by Crippen LogP contribution is -2.33. The van der Waals surface area contributed by atoms with Gasteiger partial charge in [-0.25, -0.2) is 4.39 Å². The second-order valence-corrected chi connectivity index (χ2v) is 7.30. The Morgan fingerprint density at radius 3 is 1.75 bits per heavy atom. The molecule has 0 saturated carbocycles. The summed E-state index contributed by atoms with van der Waals surface area (Å²) in [6.07, 6.45) is -1.34. The van der Waals surface area contributed by atoms with E-state index < -0.39 is 12.3 Å². The molecule has 0 bridgehead atoms. The number of hydrogen-bond donors (Lipinski definition) is 2. The summed E-state index contributed by atoms with van der Waals surface area (Å²) >= 11 is 0. The van der Waals surface area contributed by atoms with Gasteiger partial charge in [0.1, 0.15) is 6.17 Å². The van der Waals surface area contributed by atoms with Crippen LogP contribution in [-0.2, 0) is 23.7 Å². The first-order valence-electron chi connectivity index (χ1n) is 10.2. The first-order valence-corrected chi connectivity index (χ1v) is 10.2. The first-order chi connectivity index (χ1) is 13.3. The molecule has 28 heavy (non-hydrogen) atoms. The smallest absolute Gasteiger partial charge is 0.207 e. The predicted octanol–water partition coefficient (Wildman–Crippen LogP) is 2.19. The summed E-state index contributed by atoms with van der Waals surface area (Å²) in [5.41, 5.74) is 0. The van der Waals surface area contributed by atoms with Gasteiger partial charge in [0.05, 0.1) is 58.9 Å². The van der Waals surface area contributed by atoms with Crippen molar-refractivity contribution in [3.63, 3.8) is 0 Å². The van der Waals surface area contributed by atoms with Crippen LogP contribution in [0.3, 0.4) is 0 Å². The zero-order chi connectivity index (χ0) is 21.6. The lowest BCUT2D eigenvalue weighted by Gasteiger charge is -2.17. The highest BCUT2D eigenvalue weighted by molar-refractivity contribution is 5.45. The zero-order valence-electron chi connectivity index (χ0n) is 18.7. The molecule has 0 spiro atoms. The number of rotatable bonds is 18. The maximum Gasteiger partial charge on any atom is 0.207 e. The Balaban J connectivity index is 0. The summed E-state index contributed by atoms with van der Waals surface area (Å²) in [6, 6.07) is 0.470. The Labute approximate surface area is 171 Å². The van der Waals surface area contributed by atoms with Crippen molar-refractivity contribution in [1.29, 1.82) is 0 Å². The average molecular weight is 411 g/mol. The van der Waals surface area contributed by atoms with Crippen LogP contribution < -0.4 is 10.6 Å². The number of ether oxygens (including phenoxy) is 4. The Morgan fingerprint density at radius 2 is 1.29 bits per heavy atom. The number of carbonyl (C=O) groups excluding carboxylic acids is 1. The molecule has 0 aromatic heterocycles. The minimum atomic E-state index is -1.23. The van der Waals surface area contributed by atoms with Gasteiger partial charge in [0.25, 0.3) is 0 Å². The number of hydrogen-bond acceptors (Lipinski definition) is 6. The van der Waals surface area contributed by atoms with Crippen LogP contribution in [0, 0.1) is 5.92 Å². The van der Waals surface area contributed by atoms with E-state index in [-0.39, 0.29) is 6.54 Å². The molecule has 170 valence electrons. The second-order valence-electron chi connectivity index (χ2n) is 7.30. The van der Waals surface area contributed by atoms with Crippen molar-refractivity contribution in [2.24, 2.45) is 5.92 Å². The summed E-state index contributed by atoms with van der Waals surface area (Å²) in [4.78, 5) is 10.1. The molecule has 8 heteroatoms. The van der Waals surface area contributed by atoms with Gasteiger partial charge in [-0.15, -0.1) is 0 Å². The highest BCUT2D eigenvalue weighted by Gasteiger charge is 2.15. The van der Waals surface area contributed by atoms with Crippen LogP contribution in [0.15, 0.2) is 0 Å². The summed E-state index contributed by atoms with van der Waals surface area (Å²) in [5, 5.41) is 5.54. The molecule has 0 radical (unpaired) electrons. The van der Waals surface area contributed by atoms with Crippen LogP contribution in [0.4, 0.5) is 4.39 Å². The minimum Gasteiger partial charge on any atom is -0.378 e. The maximum absolute atomic E-state index is 13.4. The fourth-order valence-electron chi connectivity index (χ4n) is 1.69. The second kappa shape index (κ2) is 22.5. The van der Waals surface area contributed by atoms with Crippen molar-refractivity contribution in [2.75, 3.05) is 59.3 Å². The van der Waals surface area contributed by atoms with Crippen molar-refractivity contribution < 1.29 is 28.1 Å². The maximum atomic E-state index is 13.4. The Bertz CT molecular complexity index is 320. The van der Waals surface area contributed by atoms with Crippen LogP contribution in [0.5, 0.6) is 0 Å². The molecule has 0 heterocycles. The van der Waals surface area contributed by atoms with Gasteiger partial charge in [0, 0.05) is 12.6 Å². The fourth-order valence-corrected chi connectivity index (χ4v) is 1.69. The molecule has 0 aromatic carbocycles. The largest absolute Gasteiger partial charge is 0.378 e. The number of alkyl halides is 1. The topological polar surface area (TPSA) is 78.1 Å². The number of amides is 1. The van der Waals surface area contributed by atoms with E-state index in [0.717, 1.165) is 12.5 Å². The van der Waals surface area contributed by atoms with Crippen molar-refractivity contribution in [3.8, 4) is 0 Å². The van der Waals surface area contributed by atoms with E-state index in [4.69, 9.17) is 18.9 Å². The molecule has 0 aliphatic heterocycles. The standard InChI is InChI=1S/C16H33FN2O5.C4H10/c1-14(2)19-4-5-21-6-7-22-8-9-23-10-11-24-15(3)16(17)12-18-13-20;1-4(2)3/h13-16,19H,4-12H2,1-3H3,(H,18,20);4H,1-3H3. The molecular weight excluding hydrogens is 367 g/mol. The fraction of sp³-hybridized carbons (Fsp3) is 0.950. The molecule has 2 unspecified atom stereocenters. The third-order valence-corrected chi connectivity index (χ3v) is 3.06. The minimum absolute atomic E-state index is 0.0467. The third kappa shape index (κ3) is 27.4. The first kappa shape index (κ1) is 29.4. The van der Waals surface area contributed by atoms with E-state index in [1.807, 2.05) is 0 Å². The molecule has 2 atom stereocenters. The molecule has 0 aliphatic rings. The Kier molecular flexibility index (Phi) is 23.6. The average Bonchev–Trinajstić information content (AvgIpc) is 2.62. The molecular formula is C20H43FN2O5. The monoisotopic (exact) mass is 410 g/mol. The normalized spacial score (nSPS) is 13.2. The van der Waals surface area contributed by atoms with Gasteiger partial charge >= 0.3 is 0 Å². The summed E-state index contributed by atoms with van der Waals surface area (Å²) in [7, 11) is 0. The molecule has 0 saturated heterocycles. The van der Waals surface area contributed by atoms with E-state index in [2.05, 4.69) is 45.3 Å². The Hall–Kier alpha value is -0.800. The highest BCUT2D eigenvalue weighted by Crippen LogP contribution is 2.02. The van der Waals surface area contributed by atoms with Crippen LogP contribution in [0.25, 0.3) is 0 Å². The van der Waals surface area contributed by atoms with Gasteiger partial charge in [-0.2, -0.15) is 0 Å². The number of halogens is 1. The van der Waals surface area contributed by atoms with Crippen LogP contribution >= 0.6 is 0 Å². The van der Waals surface area contributed by atoms with Crippen LogP contribution in [0.1, 0.15) is 41.5 Å². The van der Waals surface area contributed by atoms with Gasteiger partial charge in [-0.3, -0.25) is 4.79 Å². The molecule has 0 aromatic rings. The Morgan fingerprint density at radius 1 is 0.821 bits per heavy atom. The van der Waals surface area contributed by atoms with Crippen molar-refractivity contribution in [3.05, 3.63) is 0 Å². The van der Waals surface area contributed by atoms with Gasteiger partial charge < -0.3 is 29.6 Å². The molecule has 0 fully saturated rings. The molecule has 0 rings (SSSR count). The molecule has 1 amide bonds. The summed E-state index contributed by atoms with van der Waals surface area (Å²) < 4.78 is 34.8. The lowest BCUT2D eigenvalue weighted by atomic mass is 10.2. The van der Waals surface area contributed by atoms with Crippen LogP contribution in [0.2, 0.25) is 0 Å². The predicted molar refractivity (Wildman–Crippen MR) is 110 cm³/mol. The zero-order valence-corrected chi connectivity index (χ0v) is 18.7. The van der Waals surface area contributed by atoms with Gasteiger partial charge in [0.2, 0.25) is 6.41 Å². The van der Waals surface area contributed by atoms with Gasteiger partial charge in [0.15, 0.2) is 0 Å². The van der Waals surface area contributed by atoms with E-state index in [1.54, 1.807) is 6.92 Å². The number of nitrogens with one attached hydrogen (secondary N) is 2. The van der Waals surface area contributed by atoms with E-state index in [0.29, 0.717) is 58.7 Å². The summed E-state index contributed by atoms with van der Waals surface area (Å²) in [5.74, 6) is 0.833. The van der Waals surface area contributed by atoms with Gasteiger partial charge in [-0.1, -0.05) is 34.6 Å². The van der Waals surface area contributed by atoms with Gasteiger partial charge in [-0.05, 0) is 12.8 Å². The molecule has 7 nitrogen and oxygen atoms in total. The number of carbonyl (C=O) groups is 1. The van der Waals surface area contributed by atoms with E-state index in [1.165, 1.54) is 0 Å². The van der Waals surface area contributed by atoms with Crippen LogP contribution in [-0.4, -0.2) is 84.1 Å². The summed E-state index contributed by atoms with van der Waals surface area (Å²) in [6.45, 7) is 16.5. The lowest BCUT2D eigenvalue weighted by molar-refractivity contribution is -0.110. The van der Waals surface area contributed by atoms with Crippen molar-refractivity contribution in [1.82, 2.24) is 10.6 Å². The SMILES string of the molecule is CC(C)C.CC(C)NCCOCCOCCOCCOC(C)C(F)CNC=O. The molecule has 0 aliphatic carbocycles. The molecule has 2 N–H and O–H groups in total. The third-order valence-electron chi connectivity index (χ3n) is 3.06. The van der Waals surface area contributed by atoms with E-state index in [9.17, 15) is 9.18 Å². The highest BCUT2D eigenvalue weighted by atomic mass is 19.1.